The molecule has 10 nitrogen and oxygen atoms in total. The van der Waals surface area contributed by atoms with Crippen molar-refractivity contribution in [2.75, 3.05) is 26.4 Å². The summed E-state index contributed by atoms with van der Waals surface area (Å²) in [6.07, 6.45) is 47.9. The number of rotatable bonds is 44. The lowest BCUT2D eigenvalue weighted by molar-refractivity contribution is -0.161. The molecule has 11 heteroatoms. The number of ether oxygens (including phenoxy) is 2. The number of aliphatic hydroxyl groups excluding tert-OH is 2. The molecule has 0 aliphatic carbocycles. The van der Waals surface area contributed by atoms with E-state index < -0.39 is 51.8 Å². The fraction of sp³-hybridized carbons (Fsp3) is 0.792. The minimum absolute atomic E-state index is 0.157. The van der Waals surface area contributed by atoms with Crippen LogP contribution in [-0.4, -0.2) is 65.7 Å². The summed E-state index contributed by atoms with van der Waals surface area (Å²) in [5, 5.41) is 18.4. The number of allylic oxidation sites excluding steroid dienone is 8. The molecule has 3 atom stereocenters. The fourth-order valence-corrected chi connectivity index (χ4v) is 7.19. The zero-order chi connectivity index (χ0) is 43.3. The van der Waals surface area contributed by atoms with Gasteiger partial charge in [-0.3, -0.25) is 18.6 Å². The van der Waals surface area contributed by atoms with Crippen molar-refractivity contribution in [3.05, 3.63) is 48.6 Å². The van der Waals surface area contributed by atoms with E-state index >= 15 is 0 Å². The van der Waals surface area contributed by atoms with Crippen molar-refractivity contribution in [1.29, 1.82) is 0 Å². The number of hydrogen-bond acceptors (Lipinski definition) is 9. The molecule has 0 bridgehead atoms. The van der Waals surface area contributed by atoms with Gasteiger partial charge in [0.2, 0.25) is 0 Å². The highest BCUT2D eigenvalue weighted by Gasteiger charge is 2.27. The van der Waals surface area contributed by atoms with Crippen molar-refractivity contribution in [3.8, 4) is 0 Å². The Labute approximate surface area is 360 Å². The Morgan fingerprint density at radius 3 is 1.41 bits per heavy atom. The van der Waals surface area contributed by atoms with Gasteiger partial charge in [-0.25, -0.2) is 4.57 Å². The molecule has 0 radical (unpaired) electrons. The minimum Gasteiger partial charge on any atom is -0.462 e. The maximum absolute atomic E-state index is 12.6. The van der Waals surface area contributed by atoms with Crippen LogP contribution in [0.3, 0.4) is 0 Å². The third-order valence-corrected chi connectivity index (χ3v) is 10.9. The van der Waals surface area contributed by atoms with Crippen LogP contribution in [0.5, 0.6) is 0 Å². The van der Waals surface area contributed by atoms with Crippen molar-refractivity contribution in [1.82, 2.24) is 0 Å². The van der Waals surface area contributed by atoms with Gasteiger partial charge in [0.1, 0.15) is 12.7 Å². The Hall–Kier alpha value is -2.07. The quantitative estimate of drug-likeness (QED) is 0.0234. The van der Waals surface area contributed by atoms with E-state index in [0.717, 1.165) is 70.6 Å². The molecule has 0 saturated heterocycles. The van der Waals surface area contributed by atoms with Crippen LogP contribution in [-0.2, 0) is 32.7 Å². The van der Waals surface area contributed by atoms with Crippen molar-refractivity contribution in [3.63, 3.8) is 0 Å². The Bertz CT molecular complexity index is 1120. The van der Waals surface area contributed by atoms with E-state index in [1.165, 1.54) is 96.3 Å². The third-order valence-electron chi connectivity index (χ3n) is 10.00. The molecule has 0 aromatic rings. The maximum Gasteiger partial charge on any atom is 0.472 e. The summed E-state index contributed by atoms with van der Waals surface area (Å²) in [7, 11) is -4.63. The lowest BCUT2D eigenvalue weighted by Crippen LogP contribution is -2.29. The number of unbranched alkanes of at least 4 members (excludes halogenated alkanes) is 22. The van der Waals surface area contributed by atoms with Crippen LogP contribution >= 0.6 is 7.82 Å². The molecular formula is C48H87O10P. The van der Waals surface area contributed by atoms with Crippen LogP contribution in [0.4, 0.5) is 0 Å². The first-order chi connectivity index (χ1) is 28.7. The average molecular weight is 855 g/mol. The van der Waals surface area contributed by atoms with Gasteiger partial charge in [0.25, 0.3) is 0 Å². The molecule has 59 heavy (non-hydrogen) atoms. The molecule has 0 fully saturated rings. The SMILES string of the molecule is CC/C=C\C/C=C\C/C=C\C/C=C\CCCCCCC(=O)OC(COC(=O)CCCCCCCCCCCCCCCCCCCCC)COP(=O)(O)OCC(O)CO. The van der Waals surface area contributed by atoms with Gasteiger partial charge in [0, 0.05) is 12.8 Å². The largest absolute Gasteiger partial charge is 0.472 e. The molecule has 0 aliphatic rings. The summed E-state index contributed by atoms with van der Waals surface area (Å²) < 4.78 is 32.8. The summed E-state index contributed by atoms with van der Waals surface area (Å²) >= 11 is 0. The second kappa shape index (κ2) is 44.0. The summed E-state index contributed by atoms with van der Waals surface area (Å²) in [5.41, 5.74) is 0. The molecule has 0 aromatic carbocycles. The smallest absolute Gasteiger partial charge is 0.462 e. The molecule has 0 spiro atoms. The third kappa shape index (κ3) is 43.8. The topological polar surface area (TPSA) is 149 Å². The monoisotopic (exact) mass is 855 g/mol. The van der Waals surface area contributed by atoms with Crippen molar-refractivity contribution in [2.45, 2.75) is 219 Å². The lowest BCUT2D eigenvalue weighted by atomic mass is 10.0. The molecule has 3 N–H and O–H groups in total. The van der Waals surface area contributed by atoms with Gasteiger partial charge < -0.3 is 24.6 Å². The Morgan fingerprint density at radius 2 is 0.932 bits per heavy atom. The van der Waals surface area contributed by atoms with Gasteiger partial charge >= 0.3 is 19.8 Å². The normalized spacial score (nSPS) is 14.2. The van der Waals surface area contributed by atoms with E-state index in [9.17, 15) is 24.2 Å². The van der Waals surface area contributed by atoms with Crippen molar-refractivity contribution < 1.29 is 47.8 Å². The molecule has 0 aromatic heterocycles. The van der Waals surface area contributed by atoms with Crippen LogP contribution in [0.2, 0.25) is 0 Å². The first kappa shape index (κ1) is 56.9. The van der Waals surface area contributed by atoms with Gasteiger partial charge in [-0.2, -0.15) is 0 Å². The second-order valence-electron chi connectivity index (χ2n) is 15.8. The van der Waals surface area contributed by atoms with Crippen LogP contribution in [0, 0.1) is 0 Å². The molecule has 344 valence electrons. The number of phosphoric acid groups is 1. The van der Waals surface area contributed by atoms with Gasteiger partial charge in [-0.1, -0.05) is 191 Å². The molecule has 3 unspecified atom stereocenters. The average Bonchev–Trinajstić information content (AvgIpc) is 3.22. The van der Waals surface area contributed by atoms with E-state index in [4.69, 9.17) is 23.6 Å². The van der Waals surface area contributed by atoms with Crippen molar-refractivity contribution >= 4 is 19.8 Å². The number of esters is 2. The predicted molar refractivity (Wildman–Crippen MR) is 242 cm³/mol. The number of phosphoric ester groups is 1. The first-order valence-corrected chi connectivity index (χ1v) is 25.1. The first-order valence-electron chi connectivity index (χ1n) is 23.6. The predicted octanol–water partition coefficient (Wildman–Crippen LogP) is 12.9. The lowest BCUT2D eigenvalue weighted by Gasteiger charge is -2.20. The minimum atomic E-state index is -4.63. The van der Waals surface area contributed by atoms with Crippen LogP contribution in [0.15, 0.2) is 48.6 Å². The zero-order valence-electron chi connectivity index (χ0n) is 37.5. The van der Waals surface area contributed by atoms with E-state index in [0.29, 0.717) is 12.8 Å². The molecule has 0 saturated carbocycles. The highest BCUT2D eigenvalue weighted by atomic mass is 31.2. The van der Waals surface area contributed by atoms with Crippen LogP contribution in [0.25, 0.3) is 0 Å². The van der Waals surface area contributed by atoms with Gasteiger partial charge in [-0.05, 0) is 51.4 Å². The van der Waals surface area contributed by atoms with E-state index in [2.05, 4.69) is 62.5 Å². The molecule has 0 heterocycles. The number of carbonyl (C=O) groups excluding carboxylic acids is 2. The van der Waals surface area contributed by atoms with E-state index in [1.807, 2.05) is 0 Å². The second-order valence-corrected chi connectivity index (χ2v) is 17.2. The van der Waals surface area contributed by atoms with Gasteiger partial charge in [-0.15, -0.1) is 0 Å². The van der Waals surface area contributed by atoms with Gasteiger partial charge in [0.05, 0.1) is 19.8 Å². The van der Waals surface area contributed by atoms with E-state index in [-0.39, 0.29) is 19.4 Å². The highest BCUT2D eigenvalue weighted by Crippen LogP contribution is 2.43. The maximum atomic E-state index is 12.6. The number of aliphatic hydroxyl groups is 2. The highest BCUT2D eigenvalue weighted by molar-refractivity contribution is 7.47. The summed E-state index contributed by atoms with van der Waals surface area (Å²) in [5.74, 6) is -0.947. The summed E-state index contributed by atoms with van der Waals surface area (Å²) in [6, 6.07) is 0. The number of hydrogen-bond donors (Lipinski definition) is 3. The molecular weight excluding hydrogens is 767 g/mol. The van der Waals surface area contributed by atoms with Crippen LogP contribution < -0.4 is 0 Å². The Kier molecular flexibility index (Phi) is 42.5. The molecule has 0 amide bonds. The van der Waals surface area contributed by atoms with Gasteiger partial charge in [0.15, 0.2) is 6.10 Å². The van der Waals surface area contributed by atoms with Crippen molar-refractivity contribution in [2.24, 2.45) is 0 Å². The Morgan fingerprint density at radius 1 is 0.525 bits per heavy atom. The zero-order valence-corrected chi connectivity index (χ0v) is 38.4. The standard InChI is InChI=1S/C48H87O10P/c1-3-5-7-9-11-13-15-17-19-21-22-24-25-27-29-31-33-35-37-39-47(51)55-43-46(44-57-59(53,54)56-42-45(50)41-49)58-48(52)40-38-36-34-32-30-28-26-23-20-18-16-14-12-10-8-6-4-2/h6,8,12,14,18,20,26,28,45-46,49-50H,3-5,7,9-11,13,15-17,19,21-25,27,29-44H2,1-2H3,(H,53,54)/b8-6-,14-12-,20-18-,28-26-. The fourth-order valence-electron chi connectivity index (χ4n) is 6.40. The molecule has 0 rings (SSSR count). The molecule has 0 aliphatic heterocycles. The van der Waals surface area contributed by atoms with Crippen LogP contribution in [0.1, 0.15) is 206 Å². The van der Waals surface area contributed by atoms with E-state index in [1.54, 1.807) is 0 Å². The Balaban J connectivity index is 4.25. The number of carbonyl (C=O) groups is 2. The summed E-state index contributed by atoms with van der Waals surface area (Å²) in [6.45, 7) is 2.26. The summed E-state index contributed by atoms with van der Waals surface area (Å²) in [4.78, 5) is 35.1.